The van der Waals surface area contributed by atoms with E-state index in [4.69, 9.17) is 16.3 Å². The molecule has 5 nitrogen and oxygen atoms in total. The van der Waals surface area contributed by atoms with E-state index in [1.54, 1.807) is 18.2 Å². The lowest BCUT2D eigenvalue weighted by molar-refractivity contribution is -0.123. The Hall–Kier alpha value is -2.05. The molecule has 0 bridgehead atoms. The third kappa shape index (κ3) is 3.71. The number of ether oxygens (including phenoxy) is 1. The number of carbonyl (C=O) groups is 1. The van der Waals surface area contributed by atoms with Crippen LogP contribution in [0.25, 0.3) is 11.0 Å². The van der Waals surface area contributed by atoms with Gasteiger partial charge < -0.3 is 14.6 Å². The zero-order valence-electron chi connectivity index (χ0n) is 12.9. The van der Waals surface area contributed by atoms with Crippen molar-refractivity contribution >= 4 is 44.5 Å². The molecule has 0 aliphatic carbocycles. The topological polar surface area (TPSA) is 56.2 Å². The molecule has 1 aromatic heterocycles. The second-order valence-corrected chi connectivity index (χ2v) is 6.51. The molecule has 3 rings (SSSR count). The van der Waals surface area contributed by atoms with Gasteiger partial charge in [0.25, 0.3) is 5.91 Å². The van der Waals surface area contributed by atoms with E-state index in [0.717, 1.165) is 16.9 Å². The third-order valence-electron chi connectivity index (χ3n) is 3.58. The normalized spacial score (nSPS) is 10.8. The molecule has 0 saturated heterocycles. The number of fused-ring (bicyclic) bond motifs is 1. The van der Waals surface area contributed by atoms with Crippen molar-refractivity contribution < 1.29 is 9.53 Å². The molecule has 2 aromatic carbocycles. The highest BCUT2D eigenvalue weighted by Gasteiger charge is 2.10. The van der Waals surface area contributed by atoms with Crippen LogP contribution in [0.3, 0.4) is 0 Å². The summed E-state index contributed by atoms with van der Waals surface area (Å²) in [6.45, 7) is 0.263. The summed E-state index contributed by atoms with van der Waals surface area (Å²) in [7, 11) is 1.93. The SMILES string of the molecule is Cn1c(CNC(=O)COc2ccc(Cl)cc2Br)nc2ccccc21. The van der Waals surface area contributed by atoms with E-state index in [1.165, 1.54) is 0 Å². The molecule has 0 aliphatic rings. The van der Waals surface area contributed by atoms with Gasteiger partial charge in [0.2, 0.25) is 0 Å². The quantitative estimate of drug-likeness (QED) is 0.700. The zero-order chi connectivity index (χ0) is 17.1. The zero-order valence-corrected chi connectivity index (χ0v) is 15.3. The second kappa shape index (κ2) is 7.23. The molecule has 0 spiro atoms. The van der Waals surface area contributed by atoms with Gasteiger partial charge in [0, 0.05) is 12.1 Å². The summed E-state index contributed by atoms with van der Waals surface area (Å²) < 4.78 is 8.16. The fourth-order valence-electron chi connectivity index (χ4n) is 2.32. The summed E-state index contributed by atoms with van der Waals surface area (Å²) in [5.41, 5.74) is 1.94. The molecule has 7 heteroatoms. The Morgan fingerprint density at radius 3 is 2.88 bits per heavy atom. The van der Waals surface area contributed by atoms with Crippen LogP contribution in [-0.2, 0) is 18.4 Å². The predicted octanol–water partition coefficient (Wildman–Crippen LogP) is 3.68. The van der Waals surface area contributed by atoms with Crippen molar-refractivity contribution in [3.05, 3.63) is 57.8 Å². The number of halogens is 2. The van der Waals surface area contributed by atoms with Crippen LogP contribution < -0.4 is 10.1 Å². The van der Waals surface area contributed by atoms with Gasteiger partial charge in [0.15, 0.2) is 6.61 Å². The van der Waals surface area contributed by atoms with Gasteiger partial charge in [0.1, 0.15) is 11.6 Å². The maximum Gasteiger partial charge on any atom is 0.258 e. The molecule has 1 amide bonds. The van der Waals surface area contributed by atoms with Crippen LogP contribution in [0, 0.1) is 0 Å². The summed E-state index contributed by atoms with van der Waals surface area (Å²) in [4.78, 5) is 16.5. The van der Waals surface area contributed by atoms with E-state index in [2.05, 4.69) is 26.2 Å². The van der Waals surface area contributed by atoms with E-state index in [9.17, 15) is 4.79 Å². The monoisotopic (exact) mass is 407 g/mol. The molecule has 0 radical (unpaired) electrons. The number of aromatic nitrogens is 2. The van der Waals surface area contributed by atoms with Crippen molar-refractivity contribution in [3.8, 4) is 5.75 Å². The van der Waals surface area contributed by atoms with Gasteiger partial charge >= 0.3 is 0 Å². The summed E-state index contributed by atoms with van der Waals surface area (Å²) in [6, 6.07) is 13.0. The van der Waals surface area contributed by atoms with Gasteiger partial charge in [-0.15, -0.1) is 0 Å². The van der Waals surface area contributed by atoms with Gasteiger partial charge in [-0.05, 0) is 46.3 Å². The number of hydrogen-bond donors (Lipinski definition) is 1. The number of hydrogen-bond acceptors (Lipinski definition) is 3. The van der Waals surface area contributed by atoms with Gasteiger partial charge in [0.05, 0.1) is 22.1 Å². The number of nitrogens with one attached hydrogen (secondary N) is 1. The van der Waals surface area contributed by atoms with Gasteiger partial charge in [-0.25, -0.2) is 4.98 Å². The highest BCUT2D eigenvalue weighted by atomic mass is 79.9. The fraction of sp³-hybridized carbons (Fsp3) is 0.176. The Labute approximate surface area is 152 Å². The van der Waals surface area contributed by atoms with Crippen LogP contribution in [0.4, 0.5) is 0 Å². The summed E-state index contributed by atoms with van der Waals surface area (Å²) in [5, 5.41) is 3.41. The number of nitrogens with zero attached hydrogens (tertiary/aromatic N) is 2. The van der Waals surface area contributed by atoms with E-state index in [0.29, 0.717) is 21.8 Å². The first-order valence-corrected chi connectivity index (χ1v) is 8.46. The Morgan fingerprint density at radius 1 is 1.33 bits per heavy atom. The van der Waals surface area contributed by atoms with Crippen molar-refractivity contribution in [2.75, 3.05) is 6.61 Å². The van der Waals surface area contributed by atoms with Gasteiger partial charge in [-0.2, -0.15) is 0 Å². The lowest BCUT2D eigenvalue weighted by Crippen LogP contribution is -2.29. The van der Waals surface area contributed by atoms with Gasteiger partial charge in [-0.1, -0.05) is 23.7 Å². The number of benzene rings is 2. The van der Waals surface area contributed by atoms with Crippen LogP contribution in [-0.4, -0.2) is 22.1 Å². The molecule has 0 unspecified atom stereocenters. The molecule has 1 N–H and O–H groups in total. The highest BCUT2D eigenvalue weighted by Crippen LogP contribution is 2.27. The first kappa shape index (κ1) is 16.8. The first-order valence-electron chi connectivity index (χ1n) is 7.29. The summed E-state index contributed by atoms with van der Waals surface area (Å²) in [6.07, 6.45) is 0. The maximum atomic E-state index is 12.0. The van der Waals surface area contributed by atoms with E-state index >= 15 is 0 Å². The van der Waals surface area contributed by atoms with Crippen LogP contribution in [0.2, 0.25) is 5.02 Å². The molecule has 0 saturated carbocycles. The highest BCUT2D eigenvalue weighted by molar-refractivity contribution is 9.10. The van der Waals surface area contributed by atoms with E-state index in [-0.39, 0.29) is 12.5 Å². The second-order valence-electron chi connectivity index (χ2n) is 5.22. The van der Waals surface area contributed by atoms with Crippen molar-refractivity contribution in [2.45, 2.75) is 6.54 Å². The third-order valence-corrected chi connectivity index (χ3v) is 4.43. The number of rotatable bonds is 5. The fourth-order valence-corrected chi connectivity index (χ4v) is 3.11. The lowest BCUT2D eigenvalue weighted by Gasteiger charge is -2.09. The van der Waals surface area contributed by atoms with Gasteiger partial charge in [-0.3, -0.25) is 4.79 Å². The van der Waals surface area contributed by atoms with Crippen LogP contribution in [0.1, 0.15) is 5.82 Å². The molecule has 24 heavy (non-hydrogen) atoms. The molecule has 124 valence electrons. The molecule has 0 fully saturated rings. The average Bonchev–Trinajstić information content (AvgIpc) is 2.89. The van der Waals surface area contributed by atoms with E-state index < -0.39 is 0 Å². The minimum atomic E-state index is -0.219. The minimum absolute atomic E-state index is 0.0792. The number of para-hydroxylation sites is 2. The Bertz CT molecular complexity index is 895. The molecular weight excluding hydrogens is 394 g/mol. The largest absolute Gasteiger partial charge is 0.483 e. The summed E-state index contributed by atoms with van der Waals surface area (Å²) in [5.74, 6) is 1.14. The Balaban J connectivity index is 1.58. The number of amides is 1. The molecule has 0 aliphatic heterocycles. The Kier molecular flexibility index (Phi) is 5.06. The predicted molar refractivity (Wildman–Crippen MR) is 97.2 cm³/mol. The molecular formula is C17H15BrClN3O2. The number of carbonyl (C=O) groups excluding carboxylic acids is 1. The lowest BCUT2D eigenvalue weighted by atomic mass is 10.3. The van der Waals surface area contributed by atoms with Crippen molar-refractivity contribution in [2.24, 2.45) is 7.05 Å². The average molecular weight is 409 g/mol. The van der Waals surface area contributed by atoms with Crippen LogP contribution in [0.5, 0.6) is 5.75 Å². The van der Waals surface area contributed by atoms with Crippen LogP contribution >= 0.6 is 27.5 Å². The first-order chi connectivity index (χ1) is 11.5. The van der Waals surface area contributed by atoms with Crippen LogP contribution in [0.15, 0.2) is 46.9 Å². The Morgan fingerprint density at radius 2 is 2.12 bits per heavy atom. The molecule has 0 atom stereocenters. The maximum absolute atomic E-state index is 12.0. The van der Waals surface area contributed by atoms with E-state index in [1.807, 2.05) is 35.9 Å². The number of aryl methyl sites for hydroxylation is 1. The molecule has 3 aromatic rings. The standard InChI is InChI=1S/C17H15BrClN3O2/c1-22-14-5-3-2-4-13(14)21-16(22)9-20-17(23)10-24-15-7-6-11(19)8-12(15)18/h2-8H,9-10H2,1H3,(H,20,23). The smallest absolute Gasteiger partial charge is 0.258 e. The van der Waals surface area contributed by atoms with Crippen molar-refractivity contribution in [1.29, 1.82) is 0 Å². The van der Waals surface area contributed by atoms with Crippen molar-refractivity contribution in [3.63, 3.8) is 0 Å². The summed E-state index contributed by atoms with van der Waals surface area (Å²) >= 11 is 9.22. The van der Waals surface area contributed by atoms with Crippen molar-refractivity contribution in [1.82, 2.24) is 14.9 Å². The molecule has 1 heterocycles. The minimum Gasteiger partial charge on any atom is -0.483 e. The number of imidazole rings is 1.